The number of fused-ring (bicyclic) bond motifs is 1. The van der Waals surface area contributed by atoms with E-state index < -0.39 is 0 Å². The first-order chi connectivity index (χ1) is 9.74. The molecule has 1 aromatic rings. The molecule has 2 aliphatic rings. The Bertz CT molecular complexity index is 503. The Labute approximate surface area is 118 Å². The van der Waals surface area contributed by atoms with Gasteiger partial charge < -0.3 is 14.5 Å². The quantitative estimate of drug-likeness (QED) is 0.823. The third-order valence-corrected chi connectivity index (χ3v) is 3.96. The molecule has 2 aliphatic heterocycles. The summed E-state index contributed by atoms with van der Waals surface area (Å²) in [6, 6.07) is 9.82. The van der Waals surface area contributed by atoms with Crippen molar-refractivity contribution in [2.24, 2.45) is 0 Å². The van der Waals surface area contributed by atoms with Crippen LogP contribution in [0.3, 0.4) is 0 Å². The van der Waals surface area contributed by atoms with Crippen molar-refractivity contribution >= 4 is 12.0 Å². The fraction of sp³-hybridized carbons (Fsp3) is 0.467. The number of rotatable bonds is 2. The lowest BCUT2D eigenvalue weighted by molar-refractivity contribution is -0.130. The molecule has 1 aromatic carbocycles. The van der Waals surface area contributed by atoms with Gasteiger partial charge in [-0.15, -0.1) is 0 Å². The molecule has 2 amide bonds. The monoisotopic (exact) mass is 274 g/mol. The summed E-state index contributed by atoms with van der Waals surface area (Å²) in [5.41, 5.74) is 0.982. The van der Waals surface area contributed by atoms with Crippen LogP contribution in [0.4, 0.5) is 4.79 Å². The molecule has 0 spiro atoms. The molecular weight excluding hydrogens is 256 g/mol. The number of carbonyl (C=O) groups excluding carboxylic acids is 2. The van der Waals surface area contributed by atoms with Crippen molar-refractivity contribution in [1.29, 1.82) is 0 Å². The zero-order valence-electron chi connectivity index (χ0n) is 11.3. The Kier molecular flexibility index (Phi) is 3.58. The third-order valence-electron chi connectivity index (χ3n) is 3.96. The van der Waals surface area contributed by atoms with Crippen LogP contribution in [0.5, 0.6) is 0 Å². The van der Waals surface area contributed by atoms with Gasteiger partial charge in [0, 0.05) is 32.1 Å². The van der Waals surface area contributed by atoms with E-state index in [1.54, 1.807) is 4.90 Å². The van der Waals surface area contributed by atoms with Gasteiger partial charge in [-0.1, -0.05) is 30.3 Å². The number of carbonyl (C=O) groups is 2. The van der Waals surface area contributed by atoms with Gasteiger partial charge in [-0.3, -0.25) is 4.79 Å². The Morgan fingerprint density at radius 3 is 2.85 bits per heavy atom. The normalized spacial score (nSPS) is 21.8. The first-order valence-corrected chi connectivity index (χ1v) is 6.99. The lowest BCUT2D eigenvalue weighted by atomic mass is 10.2. The number of ether oxygens (including phenoxy) is 1. The van der Waals surface area contributed by atoms with Crippen molar-refractivity contribution in [2.75, 3.05) is 19.6 Å². The number of piperazine rings is 1. The molecule has 106 valence electrons. The maximum absolute atomic E-state index is 12.0. The van der Waals surface area contributed by atoms with E-state index in [-0.39, 0.29) is 18.0 Å². The molecule has 1 atom stereocenters. The van der Waals surface area contributed by atoms with Crippen molar-refractivity contribution in [3.8, 4) is 0 Å². The number of amides is 2. The second-order valence-electron chi connectivity index (χ2n) is 5.27. The molecule has 5 heteroatoms. The van der Waals surface area contributed by atoms with E-state index in [2.05, 4.69) is 0 Å². The van der Waals surface area contributed by atoms with Gasteiger partial charge in [0.05, 0.1) is 0 Å². The molecule has 2 saturated heterocycles. The van der Waals surface area contributed by atoms with Gasteiger partial charge >= 0.3 is 6.09 Å². The first-order valence-electron chi connectivity index (χ1n) is 6.99. The van der Waals surface area contributed by atoms with Gasteiger partial charge in [0.25, 0.3) is 0 Å². The maximum Gasteiger partial charge on any atom is 0.410 e. The standard InChI is InChI=1S/C15H18N2O3/c18-14-7-6-13-10-16(8-9-17(13)14)15(19)20-11-12-4-2-1-3-5-12/h1-5,13H,6-11H2. The lowest BCUT2D eigenvalue weighted by Gasteiger charge is -2.36. The molecule has 20 heavy (non-hydrogen) atoms. The highest BCUT2D eigenvalue weighted by Gasteiger charge is 2.37. The molecule has 0 aliphatic carbocycles. The fourth-order valence-corrected chi connectivity index (χ4v) is 2.84. The van der Waals surface area contributed by atoms with E-state index in [1.807, 2.05) is 35.2 Å². The summed E-state index contributed by atoms with van der Waals surface area (Å²) in [6.07, 6.45) is 1.17. The van der Waals surface area contributed by atoms with E-state index in [4.69, 9.17) is 4.74 Å². The molecule has 0 saturated carbocycles. The number of hydrogen-bond acceptors (Lipinski definition) is 3. The molecule has 5 nitrogen and oxygen atoms in total. The SMILES string of the molecule is O=C(OCc1ccccc1)N1CCN2C(=O)CCC2C1. The fourth-order valence-electron chi connectivity index (χ4n) is 2.84. The Morgan fingerprint density at radius 1 is 1.25 bits per heavy atom. The van der Waals surface area contributed by atoms with Crippen LogP contribution < -0.4 is 0 Å². The van der Waals surface area contributed by atoms with Crippen LogP contribution >= 0.6 is 0 Å². The van der Waals surface area contributed by atoms with Gasteiger partial charge in [0.1, 0.15) is 6.61 Å². The van der Waals surface area contributed by atoms with Gasteiger partial charge in [-0.2, -0.15) is 0 Å². The van der Waals surface area contributed by atoms with E-state index in [0.717, 1.165) is 12.0 Å². The molecule has 0 radical (unpaired) electrons. The van der Waals surface area contributed by atoms with E-state index >= 15 is 0 Å². The molecule has 2 fully saturated rings. The zero-order chi connectivity index (χ0) is 13.9. The largest absolute Gasteiger partial charge is 0.445 e. The highest BCUT2D eigenvalue weighted by atomic mass is 16.6. The molecule has 0 aromatic heterocycles. The van der Waals surface area contributed by atoms with Crippen LogP contribution in [-0.2, 0) is 16.1 Å². The second-order valence-corrected chi connectivity index (χ2v) is 5.27. The summed E-state index contributed by atoms with van der Waals surface area (Å²) in [5.74, 6) is 0.215. The van der Waals surface area contributed by atoms with Crippen LogP contribution in [0.2, 0.25) is 0 Å². The van der Waals surface area contributed by atoms with Crippen LogP contribution in [-0.4, -0.2) is 47.5 Å². The van der Waals surface area contributed by atoms with Gasteiger partial charge in [-0.05, 0) is 12.0 Å². The Balaban J connectivity index is 1.52. The lowest BCUT2D eigenvalue weighted by Crippen LogP contribution is -2.53. The van der Waals surface area contributed by atoms with Crippen LogP contribution in [0.1, 0.15) is 18.4 Å². The van der Waals surface area contributed by atoms with Crippen LogP contribution in [0, 0.1) is 0 Å². The summed E-state index contributed by atoms with van der Waals surface area (Å²) < 4.78 is 5.33. The minimum atomic E-state index is -0.284. The predicted octanol–water partition coefficient (Wildman–Crippen LogP) is 1.63. The molecule has 2 heterocycles. The van der Waals surface area contributed by atoms with Crippen molar-refractivity contribution < 1.29 is 14.3 Å². The summed E-state index contributed by atoms with van der Waals surface area (Å²) in [6.45, 7) is 2.09. The highest BCUT2D eigenvalue weighted by molar-refractivity contribution is 5.79. The average Bonchev–Trinajstić information content (AvgIpc) is 2.87. The average molecular weight is 274 g/mol. The van der Waals surface area contributed by atoms with Crippen molar-refractivity contribution in [3.63, 3.8) is 0 Å². The van der Waals surface area contributed by atoms with Crippen LogP contribution in [0.25, 0.3) is 0 Å². The number of hydrogen-bond donors (Lipinski definition) is 0. The molecule has 0 N–H and O–H groups in total. The summed E-state index contributed by atoms with van der Waals surface area (Å²) in [7, 11) is 0. The molecule has 0 bridgehead atoms. The van der Waals surface area contributed by atoms with Crippen molar-refractivity contribution in [2.45, 2.75) is 25.5 Å². The number of benzene rings is 1. The van der Waals surface area contributed by atoms with Crippen molar-refractivity contribution in [3.05, 3.63) is 35.9 Å². The summed E-state index contributed by atoms with van der Waals surface area (Å²) in [4.78, 5) is 27.2. The summed E-state index contributed by atoms with van der Waals surface area (Å²) >= 11 is 0. The minimum Gasteiger partial charge on any atom is -0.445 e. The topological polar surface area (TPSA) is 49.9 Å². The third kappa shape index (κ3) is 2.61. The van der Waals surface area contributed by atoms with E-state index in [0.29, 0.717) is 32.7 Å². The second kappa shape index (κ2) is 5.53. The molecule has 1 unspecified atom stereocenters. The maximum atomic E-state index is 12.0. The first kappa shape index (κ1) is 13.0. The Hall–Kier alpha value is -2.04. The van der Waals surface area contributed by atoms with Gasteiger partial charge in [-0.25, -0.2) is 4.79 Å². The zero-order valence-corrected chi connectivity index (χ0v) is 11.3. The van der Waals surface area contributed by atoms with Crippen LogP contribution in [0.15, 0.2) is 30.3 Å². The molecule has 3 rings (SSSR count). The highest BCUT2D eigenvalue weighted by Crippen LogP contribution is 2.23. The Morgan fingerprint density at radius 2 is 2.05 bits per heavy atom. The van der Waals surface area contributed by atoms with Gasteiger partial charge in [0.15, 0.2) is 0 Å². The van der Waals surface area contributed by atoms with Crippen molar-refractivity contribution in [1.82, 2.24) is 9.80 Å². The van der Waals surface area contributed by atoms with E-state index in [1.165, 1.54) is 0 Å². The predicted molar refractivity (Wildman–Crippen MR) is 72.9 cm³/mol. The minimum absolute atomic E-state index is 0.181. The smallest absolute Gasteiger partial charge is 0.410 e. The molecular formula is C15H18N2O3. The van der Waals surface area contributed by atoms with E-state index in [9.17, 15) is 9.59 Å². The van der Waals surface area contributed by atoms with Gasteiger partial charge in [0.2, 0.25) is 5.91 Å². The number of nitrogens with zero attached hydrogens (tertiary/aromatic N) is 2. The summed E-state index contributed by atoms with van der Waals surface area (Å²) in [5, 5.41) is 0.